The minimum absolute atomic E-state index is 0.433. The first-order valence-corrected chi connectivity index (χ1v) is 5.81. The van der Waals surface area contributed by atoms with E-state index in [-0.39, 0.29) is 0 Å². The van der Waals surface area contributed by atoms with E-state index in [0.717, 1.165) is 12.7 Å². The third-order valence-corrected chi connectivity index (χ3v) is 2.77. The van der Waals surface area contributed by atoms with E-state index in [1.165, 1.54) is 0 Å². The van der Waals surface area contributed by atoms with Gasteiger partial charge in [0.1, 0.15) is 11.8 Å². The van der Waals surface area contributed by atoms with E-state index in [1.54, 1.807) is 24.3 Å². The number of ether oxygens (including phenoxy) is 1. The quantitative estimate of drug-likeness (QED) is 0.706. The summed E-state index contributed by atoms with van der Waals surface area (Å²) in [5, 5.41) is 9.03. The summed E-state index contributed by atoms with van der Waals surface area (Å²) in [4.78, 5) is 10.8. The number of rotatable bonds is 6. The normalized spacial score (nSPS) is 13.5. The zero-order chi connectivity index (χ0) is 12.7. The van der Waals surface area contributed by atoms with Gasteiger partial charge in [-0.15, -0.1) is 0 Å². The highest BCUT2D eigenvalue weighted by atomic mass is 16.5. The molecule has 3 nitrogen and oxygen atoms in total. The molecule has 90 valence electrons. The molecular weight excluding hydrogens is 214 g/mol. The van der Waals surface area contributed by atoms with Crippen molar-refractivity contribution < 1.29 is 9.53 Å². The number of benzene rings is 1. The summed E-state index contributed by atoms with van der Waals surface area (Å²) in [7, 11) is 0. The van der Waals surface area contributed by atoms with Crippen LogP contribution in [0.4, 0.5) is 0 Å². The highest BCUT2D eigenvalue weighted by Crippen LogP contribution is 2.20. The van der Waals surface area contributed by atoms with Gasteiger partial charge in [-0.05, 0) is 18.1 Å². The number of nitriles is 1. The lowest BCUT2D eigenvalue weighted by Crippen LogP contribution is -2.18. The average molecular weight is 231 g/mol. The largest absolute Gasteiger partial charge is 0.475 e. The number of nitrogens with zero attached hydrogens (tertiary/aromatic N) is 1. The first kappa shape index (κ1) is 13.2. The summed E-state index contributed by atoms with van der Waals surface area (Å²) in [6, 6.07) is 9.08. The van der Waals surface area contributed by atoms with Gasteiger partial charge >= 0.3 is 0 Å². The van der Waals surface area contributed by atoms with Crippen LogP contribution in [0.2, 0.25) is 0 Å². The number of carbonyl (C=O) groups excluding carboxylic acids is 1. The van der Waals surface area contributed by atoms with Gasteiger partial charge in [0.15, 0.2) is 12.4 Å². The van der Waals surface area contributed by atoms with Gasteiger partial charge in [0.2, 0.25) is 0 Å². The van der Waals surface area contributed by atoms with E-state index in [4.69, 9.17) is 10.00 Å². The topological polar surface area (TPSA) is 50.1 Å². The molecule has 1 aromatic rings. The molecule has 1 rings (SSSR count). The van der Waals surface area contributed by atoms with Crippen molar-refractivity contribution in [3.63, 3.8) is 0 Å². The van der Waals surface area contributed by atoms with Crippen LogP contribution in [0.15, 0.2) is 24.3 Å². The minimum Gasteiger partial charge on any atom is -0.475 e. The summed E-state index contributed by atoms with van der Waals surface area (Å²) in [5.74, 6) is 0.917. The molecular formula is C14H17NO2. The molecule has 0 bridgehead atoms. The highest BCUT2D eigenvalue weighted by molar-refractivity contribution is 5.79. The van der Waals surface area contributed by atoms with Crippen molar-refractivity contribution in [2.24, 2.45) is 5.92 Å². The van der Waals surface area contributed by atoms with Gasteiger partial charge in [-0.2, -0.15) is 5.26 Å². The molecule has 0 radical (unpaired) electrons. The molecule has 0 fully saturated rings. The van der Waals surface area contributed by atoms with Crippen LogP contribution in [-0.4, -0.2) is 12.4 Å². The smallest absolute Gasteiger partial charge is 0.184 e. The average Bonchev–Trinajstić information content (AvgIpc) is 2.38. The summed E-state index contributed by atoms with van der Waals surface area (Å²) in [6.45, 7) is 4.16. The van der Waals surface area contributed by atoms with E-state index >= 15 is 0 Å². The molecule has 0 saturated carbocycles. The van der Waals surface area contributed by atoms with Crippen molar-refractivity contribution in [3.8, 4) is 11.8 Å². The van der Waals surface area contributed by atoms with Crippen molar-refractivity contribution >= 4 is 6.29 Å². The zero-order valence-corrected chi connectivity index (χ0v) is 10.2. The molecule has 0 heterocycles. The summed E-state index contributed by atoms with van der Waals surface area (Å²) in [6.07, 6.45) is 1.94. The molecule has 17 heavy (non-hydrogen) atoms. The van der Waals surface area contributed by atoms with Crippen LogP contribution in [0.1, 0.15) is 37.0 Å². The predicted molar refractivity (Wildman–Crippen MR) is 65.9 cm³/mol. The van der Waals surface area contributed by atoms with Crippen LogP contribution < -0.4 is 4.74 Å². The van der Waals surface area contributed by atoms with E-state index in [0.29, 0.717) is 23.7 Å². The molecule has 0 amide bonds. The fourth-order valence-corrected chi connectivity index (χ4v) is 1.50. The Kier molecular flexibility index (Phi) is 5.22. The van der Waals surface area contributed by atoms with Gasteiger partial charge in [-0.1, -0.05) is 32.4 Å². The Morgan fingerprint density at radius 3 is 2.76 bits per heavy atom. The third-order valence-electron chi connectivity index (χ3n) is 2.77. The Morgan fingerprint density at radius 2 is 2.18 bits per heavy atom. The number of carbonyl (C=O) groups is 1. The van der Waals surface area contributed by atoms with Crippen LogP contribution in [0, 0.1) is 17.2 Å². The van der Waals surface area contributed by atoms with Crippen molar-refractivity contribution in [2.45, 2.75) is 32.8 Å². The second kappa shape index (κ2) is 6.70. The van der Waals surface area contributed by atoms with Crippen LogP contribution in [0.25, 0.3) is 0 Å². The standard InChI is InChI=1S/C14H17NO2/c1-3-11(2)8-13(9-15)17-14-7-5-4-6-12(14)10-16/h4-7,10-11,13H,3,8H2,1-2H3. The molecule has 0 aliphatic heterocycles. The summed E-state index contributed by atoms with van der Waals surface area (Å²) < 4.78 is 5.57. The molecule has 2 atom stereocenters. The molecule has 0 aliphatic rings. The second-order valence-corrected chi connectivity index (χ2v) is 4.14. The number of aldehydes is 1. The van der Waals surface area contributed by atoms with E-state index < -0.39 is 6.10 Å². The Labute approximate surface area is 102 Å². The van der Waals surface area contributed by atoms with Crippen LogP contribution in [0.3, 0.4) is 0 Å². The lowest BCUT2D eigenvalue weighted by atomic mass is 10.0. The molecule has 2 unspecified atom stereocenters. The van der Waals surface area contributed by atoms with E-state index in [2.05, 4.69) is 19.9 Å². The number of para-hydroxylation sites is 1. The Morgan fingerprint density at radius 1 is 1.47 bits per heavy atom. The van der Waals surface area contributed by atoms with Crippen LogP contribution in [-0.2, 0) is 0 Å². The molecule has 0 spiro atoms. The number of hydrogen-bond donors (Lipinski definition) is 0. The van der Waals surface area contributed by atoms with Crippen molar-refractivity contribution in [1.29, 1.82) is 5.26 Å². The predicted octanol–water partition coefficient (Wildman–Crippen LogP) is 3.21. The highest BCUT2D eigenvalue weighted by Gasteiger charge is 2.14. The minimum atomic E-state index is -0.494. The van der Waals surface area contributed by atoms with Gasteiger partial charge in [-0.25, -0.2) is 0 Å². The van der Waals surface area contributed by atoms with Gasteiger partial charge in [0.25, 0.3) is 0 Å². The van der Waals surface area contributed by atoms with Crippen LogP contribution in [0.5, 0.6) is 5.75 Å². The molecule has 0 aliphatic carbocycles. The van der Waals surface area contributed by atoms with E-state index in [1.807, 2.05) is 0 Å². The van der Waals surface area contributed by atoms with Crippen molar-refractivity contribution in [1.82, 2.24) is 0 Å². The Balaban J connectivity index is 2.74. The zero-order valence-electron chi connectivity index (χ0n) is 10.2. The first-order chi connectivity index (χ1) is 8.21. The Bertz CT molecular complexity index is 409. The van der Waals surface area contributed by atoms with Crippen molar-refractivity contribution in [3.05, 3.63) is 29.8 Å². The fourth-order valence-electron chi connectivity index (χ4n) is 1.50. The summed E-state index contributed by atoms with van der Waals surface area (Å²) >= 11 is 0. The molecule has 0 N–H and O–H groups in total. The lowest BCUT2D eigenvalue weighted by molar-refractivity contribution is 0.111. The van der Waals surface area contributed by atoms with Gasteiger partial charge in [0, 0.05) is 6.42 Å². The lowest BCUT2D eigenvalue weighted by Gasteiger charge is -2.16. The number of hydrogen-bond acceptors (Lipinski definition) is 3. The molecule has 0 saturated heterocycles. The first-order valence-electron chi connectivity index (χ1n) is 5.81. The fraction of sp³-hybridized carbons (Fsp3) is 0.429. The third kappa shape index (κ3) is 3.92. The molecule has 3 heteroatoms. The van der Waals surface area contributed by atoms with Gasteiger partial charge in [0.05, 0.1) is 5.56 Å². The maximum absolute atomic E-state index is 10.8. The molecule has 1 aromatic carbocycles. The van der Waals surface area contributed by atoms with Gasteiger partial charge in [-0.3, -0.25) is 4.79 Å². The van der Waals surface area contributed by atoms with Crippen LogP contribution >= 0.6 is 0 Å². The SMILES string of the molecule is CCC(C)CC(C#N)Oc1ccccc1C=O. The second-order valence-electron chi connectivity index (χ2n) is 4.14. The Hall–Kier alpha value is -1.82. The maximum Gasteiger partial charge on any atom is 0.184 e. The molecule has 0 aromatic heterocycles. The van der Waals surface area contributed by atoms with Gasteiger partial charge < -0.3 is 4.74 Å². The maximum atomic E-state index is 10.8. The van der Waals surface area contributed by atoms with E-state index in [9.17, 15) is 4.79 Å². The summed E-state index contributed by atoms with van der Waals surface area (Å²) in [5.41, 5.74) is 0.483. The van der Waals surface area contributed by atoms with Crippen molar-refractivity contribution in [2.75, 3.05) is 0 Å². The monoisotopic (exact) mass is 231 g/mol.